The molecule has 7 nitrogen and oxygen atoms in total. The molecule has 0 atom stereocenters. The van der Waals surface area contributed by atoms with E-state index in [0.29, 0.717) is 42.2 Å². The maximum Gasteiger partial charge on any atom is 0.417 e. The number of nitrogens with one attached hydrogen (secondary N) is 1. The number of H-pyrrole nitrogens is 1. The van der Waals surface area contributed by atoms with Crippen LogP contribution in [0.1, 0.15) is 17.5 Å². The molecule has 0 unspecified atom stereocenters. The number of aryl methyl sites for hydroxylation is 2. The standard InChI is InChI=1S/C20H21N3O4S/c24-20-21-17-5-2-6-18(19(17)27-20)22-9-11-23(12-10-22)28(25,26)16-8-7-14-3-1-4-15(14)13-16/h2,5-8,13H,1,3-4,9-12H2,(H,21,24). The number of aromatic nitrogens is 1. The molecule has 1 aliphatic carbocycles. The van der Waals surface area contributed by atoms with E-state index in [1.165, 1.54) is 5.56 Å². The Balaban J connectivity index is 1.37. The summed E-state index contributed by atoms with van der Waals surface area (Å²) in [4.78, 5) is 16.6. The predicted molar refractivity (Wildman–Crippen MR) is 106 cm³/mol. The summed E-state index contributed by atoms with van der Waals surface area (Å²) in [6.45, 7) is 1.87. The van der Waals surface area contributed by atoms with E-state index in [1.54, 1.807) is 16.4 Å². The van der Waals surface area contributed by atoms with Gasteiger partial charge in [0, 0.05) is 26.2 Å². The van der Waals surface area contributed by atoms with Gasteiger partial charge in [0.1, 0.15) is 0 Å². The second kappa shape index (κ2) is 6.49. The molecule has 5 rings (SSSR count). The maximum absolute atomic E-state index is 13.1. The lowest BCUT2D eigenvalue weighted by Gasteiger charge is -2.35. The van der Waals surface area contributed by atoms with Crippen LogP contribution in [0.25, 0.3) is 11.1 Å². The molecule has 2 aliphatic rings. The predicted octanol–water partition coefficient (Wildman–Crippen LogP) is 2.12. The number of rotatable bonds is 3. The van der Waals surface area contributed by atoms with Crippen LogP contribution in [0, 0.1) is 0 Å². The summed E-state index contributed by atoms with van der Waals surface area (Å²) in [5.41, 5.74) is 4.40. The number of fused-ring (bicyclic) bond motifs is 2. The molecule has 2 aromatic carbocycles. The number of anilines is 1. The van der Waals surface area contributed by atoms with Crippen molar-refractivity contribution in [3.63, 3.8) is 0 Å². The Bertz CT molecular complexity index is 1200. The monoisotopic (exact) mass is 399 g/mol. The normalized spacial score (nSPS) is 17.9. The van der Waals surface area contributed by atoms with E-state index in [2.05, 4.69) is 9.88 Å². The Hall–Kier alpha value is -2.58. The Morgan fingerprint density at radius 3 is 2.57 bits per heavy atom. The van der Waals surface area contributed by atoms with Crippen LogP contribution in [0.3, 0.4) is 0 Å². The van der Waals surface area contributed by atoms with Gasteiger partial charge in [-0.1, -0.05) is 12.1 Å². The second-order valence-electron chi connectivity index (χ2n) is 7.34. The molecule has 2 heterocycles. The molecule has 0 saturated carbocycles. The third-order valence-electron chi connectivity index (χ3n) is 5.71. The van der Waals surface area contributed by atoms with E-state index in [4.69, 9.17) is 4.42 Å². The van der Waals surface area contributed by atoms with Gasteiger partial charge in [-0.05, 0) is 54.7 Å². The molecule has 146 valence electrons. The summed E-state index contributed by atoms with van der Waals surface area (Å²) < 4.78 is 33.0. The first-order valence-corrected chi connectivity index (χ1v) is 11.0. The topological polar surface area (TPSA) is 86.6 Å². The zero-order chi connectivity index (χ0) is 19.3. The van der Waals surface area contributed by atoms with E-state index in [0.717, 1.165) is 30.5 Å². The molecule has 8 heteroatoms. The first-order chi connectivity index (χ1) is 13.5. The number of oxazole rings is 1. The number of piperazine rings is 1. The molecular formula is C20H21N3O4S. The third-order valence-corrected chi connectivity index (χ3v) is 7.61. The van der Waals surface area contributed by atoms with Crippen LogP contribution < -0.4 is 10.7 Å². The van der Waals surface area contributed by atoms with E-state index in [1.807, 2.05) is 24.3 Å². The van der Waals surface area contributed by atoms with Crippen molar-refractivity contribution in [3.8, 4) is 0 Å². The van der Waals surface area contributed by atoms with Crippen molar-refractivity contribution >= 4 is 26.8 Å². The zero-order valence-electron chi connectivity index (χ0n) is 15.3. The second-order valence-corrected chi connectivity index (χ2v) is 9.28. The molecule has 1 aromatic heterocycles. The van der Waals surface area contributed by atoms with Gasteiger partial charge in [-0.2, -0.15) is 4.31 Å². The Morgan fingerprint density at radius 1 is 0.964 bits per heavy atom. The Kier molecular flexibility index (Phi) is 4.06. The summed E-state index contributed by atoms with van der Waals surface area (Å²) in [6.07, 6.45) is 3.09. The fourth-order valence-corrected chi connectivity index (χ4v) is 5.71. The van der Waals surface area contributed by atoms with Gasteiger partial charge < -0.3 is 9.32 Å². The summed E-state index contributed by atoms with van der Waals surface area (Å²) in [7, 11) is -3.50. The number of para-hydroxylation sites is 1. The summed E-state index contributed by atoms with van der Waals surface area (Å²) in [5.74, 6) is -0.486. The number of hydrogen-bond acceptors (Lipinski definition) is 5. The fourth-order valence-electron chi connectivity index (χ4n) is 4.23. The van der Waals surface area contributed by atoms with Crippen molar-refractivity contribution in [2.75, 3.05) is 31.1 Å². The third kappa shape index (κ3) is 2.84. The number of aromatic amines is 1. The lowest BCUT2D eigenvalue weighted by atomic mass is 10.1. The van der Waals surface area contributed by atoms with Crippen molar-refractivity contribution in [1.82, 2.24) is 9.29 Å². The molecule has 0 spiro atoms. The molecule has 0 radical (unpaired) electrons. The number of sulfonamides is 1. The zero-order valence-corrected chi connectivity index (χ0v) is 16.2. The van der Waals surface area contributed by atoms with Crippen LogP contribution in [-0.2, 0) is 22.9 Å². The molecular weight excluding hydrogens is 378 g/mol. The van der Waals surface area contributed by atoms with Crippen LogP contribution >= 0.6 is 0 Å². The highest BCUT2D eigenvalue weighted by Gasteiger charge is 2.30. The van der Waals surface area contributed by atoms with E-state index in [9.17, 15) is 13.2 Å². The average molecular weight is 399 g/mol. The summed E-state index contributed by atoms with van der Waals surface area (Å²) in [5, 5.41) is 0. The summed E-state index contributed by atoms with van der Waals surface area (Å²) in [6, 6.07) is 11.1. The maximum atomic E-state index is 13.1. The van der Waals surface area contributed by atoms with Crippen LogP contribution in [0.4, 0.5) is 5.69 Å². The molecule has 0 amide bonds. The first-order valence-electron chi connectivity index (χ1n) is 9.51. The van der Waals surface area contributed by atoms with Crippen molar-refractivity contribution in [2.45, 2.75) is 24.2 Å². The number of hydrogen-bond donors (Lipinski definition) is 1. The SMILES string of the molecule is O=c1[nH]c2cccc(N3CCN(S(=O)(=O)c4ccc5c(c4)CCC5)CC3)c2o1. The van der Waals surface area contributed by atoms with Gasteiger partial charge in [0.25, 0.3) is 0 Å². The molecule has 1 saturated heterocycles. The van der Waals surface area contributed by atoms with Crippen LogP contribution in [-0.4, -0.2) is 43.9 Å². The van der Waals surface area contributed by atoms with E-state index < -0.39 is 15.8 Å². The Morgan fingerprint density at radius 2 is 1.75 bits per heavy atom. The lowest BCUT2D eigenvalue weighted by Crippen LogP contribution is -2.48. The minimum Gasteiger partial charge on any atom is -0.406 e. The lowest BCUT2D eigenvalue weighted by molar-refractivity contribution is 0.384. The quantitative estimate of drug-likeness (QED) is 0.729. The highest BCUT2D eigenvalue weighted by Crippen LogP contribution is 2.29. The molecule has 28 heavy (non-hydrogen) atoms. The summed E-state index contributed by atoms with van der Waals surface area (Å²) >= 11 is 0. The van der Waals surface area contributed by atoms with Gasteiger partial charge in [-0.25, -0.2) is 13.2 Å². The number of benzene rings is 2. The molecule has 0 bridgehead atoms. The van der Waals surface area contributed by atoms with Crippen LogP contribution in [0.2, 0.25) is 0 Å². The van der Waals surface area contributed by atoms with Gasteiger partial charge >= 0.3 is 5.76 Å². The molecule has 1 N–H and O–H groups in total. The highest BCUT2D eigenvalue weighted by atomic mass is 32.2. The van der Waals surface area contributed by atoms with Crippen molar-refractivity contribution < 1.29 is 12.8 Å². The van der Waals surface area contributed by atoms with Gasteiger partial charge in [0.2, 0.25) is 10.0 Å². The van der Waals surface area contributed by atoms with E-state index >= 15 is 0 Å². The fraction of sp³-hybridized carbons (Fsp3) is 0.350. The van der Waals surface area contributed by atoms with Crippen LogP contribution in [0.15, 0.2) is 50.5 Å². The van der Waals surface area contributed by atoms with Crippen molar-refractivity contribution in [1.29, 1.82) is 0 Å². The minimum atomic E-state index is -3.50. The van der Waals surface area contributed by atoms with E-state index in [-0.39, 0.29) is 0 Å². The number of nitrogens with zero attached hydrogens (tertiary/aromatic N) is 2. The van der Waals surface area contributed by atoms with Gasteiger partial charge in [0.05, 0.1) is 16.1 Å². The van der Waals surface area contributed by atoms with Crippen LogP contribution in [0.5, 0.6) is 0 Å². The van der Waals surface area contributed by atoms with Crippen molar-refractivity contribution in [3.05, 3.63) is 58.1 Å². The smallest absolute Gasteiger partial charge is 0.406 e. The molecule has 1 aliphatic heterocycles. The Labute approximate surface area is 162 Å². The van der Waals surface area contributed by atoms with Crippen molar-refractivity contribution in [2.24, 2.45) is 0 Å². The van der Waals surface area contributed by atoms with Gasteiger partial charge in [-0.3, -0.25) is 4.98 Å². The average Bonchev–Trinajstić information content (AvgIpc) is 3.32. The van der Waals surface area contributed by atoms with Gasteiger partial charge in [-0.15, -0.1) is 0 Å². The highest BCUT2D eigenvalue weighted by molar-refractivity contribution is 7.89. The van der Waals surface area contributed by atoms with Gasteiger partial charge in [0.15, 0.2) is 5.58 Å². The molecule has 1 fully saturated rings. The largest absolute Gasteiger partial charge is 0.417 e. The molecule has 3 aromatic rings. The minimum absolute atomic E-state index is 0.389. The first kappa shape index (κ1) is 17.5.